The summed E-state index contributed by atoms with van der Waals surface area (Å²) in [6, 6.07) is 0. The molecule has 1 aliphatic rings. The van der Waals surface area contributed by atoms with Crippen LogP contribution in [0, 0.1) is 0 Å². The molecule has 1 fully saturated rings. The van der Waals surface area contributed by atoms with Gasteiger partial charge in [-0.05, 0) is 20.8 Å². The number of alkyl halides is 3. The monoisotopic (exact) mass is 348 g/mol. The minimum atomic E-state index is -4.24. The Morgan fingerprint density at radius 2 is 1.71 bits per heavy atom. The molecule has 0 bridgehead atoms. The molecule has 2 rings (SSSR count). The Kier molecular flexibility index (Phi) is 6.28. The Balaban J connectivity index is 1.67. The van der Waals surface area contributed by atoms with Crippen molar-refractivity contribution in [3.05, 3.63) is 18.0 Å². The van der Waals surface area contributed by atoms with Gasteiger partial charge in [-0.3, -0.25) is 14.5 Å². The van der Waals surface area contributed by atoms with Gasteiger partial charge in [-0.25, -0.2) is 0 Å². The molecule has 1 saturated heterocycles. The molecule has 0 spiro atoms. The first-order valence-corrected chi connectivity index (χ1v) is 8.27. The lowest BCUT2D eigenvalue weighted by molar-refractivity contribution is -0.174. The first-order chi connectivity index (χ1) is 11.1. The summed E-state index contributed by atoms with van der Waals surface area (Å²) in [6.45, 7) is 10.2. The minimum absolute atomic E-state index is 0.0205. The average Bonchev–Trinajstić information content (AvgIpc) is 2.93. The zero-order chi connectivity index (χ0) is 17.8. The van der Waals surface area contributed by atoms with E-state index in [1.807, 2.05) is 10.9 Å². The predicted octanol–water partition coefficient (Wildman–Crippen LogP) is 2.33. The molecule has 0 N–H and O–H groups in total. The van der Waals surface area contributed by atoms with Crippen LogP contribution in [-0.2, 0) is 16.8 Å². The van der Waals surface area contributed by atoms with Gasteiger partial charge in [0.05, 0.1) is 18.3 Å². The van der Waals surface area contributed by atoms with Gasteiger partial charge in [-0.15, -0.1) is 0 Å². The molecule has 8 heteroatoms. The fraction of sp³-hybridized carbons (Fsp3) is 0.812. The summed E-state index contributed by atoms with van der Waals surface area (Å²) in [7, 11) is 0. The zero-order valence-electron chi connectivity index (χ0n) is 14.6. The van der Waals surface area contributed by atoms with Crippen LogP contribution in [0.15, 0.2) is 12.4 Å². The van der Waals surface area contributed by atoms with Gasteiger partial charge < -0.3 is 4.74 Å². The summed E-state index contributed by atoms with van der Waals surface area (Å²) in [4.78, 5) is 4.49. The van der Waals surface area contributed by atoms with Crippen LogP contribution >= 0.6 is 0 Å². The average molecular weight is 348 g/mol. The third-order valence-electron chi connectivity index (χ3n) is 4.01. The van der Waals surface area contributed by atoms with Crippen LogP contribution in [0.25, 0.3) is 0 Å². The molecule has 0 atom stereocenters. The quantitative estimate of drug-likeness (QED) is 0.739. The normalized spacial score (nSPS) is 18.2. The van der Waals surface area contributed by atoms with E-state index in [4.69, 9.17) is 0 Å². The third kappa shape index (κ3) is 6.41. The van der Waals surface area contributed by atoms with Crippen LogP contribution in [0.4, 0.5) is 13.2 Å². The molecule has 1 aromatic rings. The van der Waals surface area contributed by atoms with Crippen molar-refractivity contribution in [1.29, 1.82) is 0 Å². The topological polar surface area (TPSA) is 33.5 Å². The van der Waals surface area contributed by atoms with Crippen molar-refractivity contribution in [1.82, 2.24) is 19.6 Å². The first kappa shape index (κ1) is 19.2. The van der Waals surface area contributed by atoms with Crippen molar-refractivity contribution in [3.63, 3.8) is 0 Å². The van der Waals surface area contributed by atoms with Crippen LogP contribution in [0.1, 0.15) is 26.3 Å². The molecule has 0 amide bonds. The first-order valence-electron chi connectivity index (χ1n) is 8.27. The highest BCUT2D eigenvalue weighted by atomic mass is 19.4. The highest BCUT2D eigenvalue weighted by Gasteiger charge is 2.27. The van der Waals surface area contributed by atoms with Gasteiger partial charge in [0.15, 0.2) is 0 Å². The Morgan fingerprint density at radius 3 is 2.25 bits per heavy atom. The summed E-state index contributed by atoms with van der Waals surface area (Å²) in [6.07, 6.45) is -0.254. The summed E-state index contributed by atoms with van der Waals surface area (Å²) in [5.41, 5.74) is 1.17. The number of ether oxygens (including phenoxy) is 1. The fourth-order valence-electron chi connectivity index (χ4n) is 2.62. The van der Waals surface area contributed by atoms with E-state index in [0.717, 1.165) is 32.7 Å². The molecule has 2 heterocycles. The van der Waals surface area contributed by atoms with Gasteiger partial charge in [0.25, 0.3) is 0 Å². The Labute approximate surface area is 141 Å². The van der Waals surface area contributed by atoms with Crippen molar-refractivity contribution in [2.75, 3.05) is 45.9 Å². The van der Waals surface area contributed by atoms with Crippen LogP contribution < -0.4 is 0 Å². The van der Waals surface area contributed by atoms with E-state index in [9.17, 15) is 13.2 Å². The van der Waals surface area contributed by atoms with Crippen molar-refractivity contribution in [2.24, 2.45) is 0 Å². The van der Waals surface area contributed by atoms with Gasteiger partial charge in [0, 0.05) is 51.0 Å². The highest BCUT2D eigenvalue weighted by Crippen LogP contribution is 2.16. The lowest BCUT2D eigenvalue weighted by Crippen LogP contribution is -2.46. The van der Waals surface area contributed by atoms with E-state index in [-0.39, 0.29) is 12.1 Å². The van der Waals surface area contributed by atoms with Crippen LogP contribution in [0.2, 0.25) is 0 Å². The number of nitrogens with zero attached hydrogens (tertiary/aromatic N) is 4. The second-order valence-electron chi connectivity index (χ2n) is 7.25. The summed E-state index contributed by atoms with van der Waals surface area (Å²) < 4.78 is 42.6. The Morgan fingerprint density at radius 1 is 1.08 bits per heavy atom. The third-order valence-corrected chi connectivity index (χ3v) is 4.01. The molecule has 0 radical (unpaired) electrons. The maximum atomic E-state index is 12.0. The van der Waals surface area contributed by atoms with E-state index in [0.29, 0.717) is 6.54 Å². The second-order valence-corrected chi connectivity index (χ2v) is 7.25. The number of piperazine rings is 1. The van der Waals surface area contributed by atoms with Gasteiger partial charge in [-0.2, -0.15) is 18.3 Å². The Hall–Kier alpha value is -1.12. The predicted molar refractivity (Wildman–Crippen MR) is 85.8 cm³/mol. The number of halogens is 3. The van der Waals surface area contributed by atoms with Crippen LogP contribution in [-0.4, -0.2) is 71.7 Å². The van der Waals surface area contributed by atoms with E-state index in [1.165, 1.54) is 5.56 Å². The maximum Gasteiger partial charge on any atom is 0.411 e. The second kappa shape index (κ2) is 7.84. The molecular formula is C16H27F3N4O. The van der Waals surface area contributed by atoms with Gasteiger partial charge in [0.2, 0.25) is 0 Å². The standard InChI is InChI=1S/C16H27F3N4O/c1-15(2,3)23-12-14(10-20-23)11-22-6-4-21(5-7-22)8-9-24-13-16(17,18)19/h10,12H,4-9,11,13H2,1-3H3. The lowest BCUT2D eigenvalue weighted by atomic mass is 10.1. The maximum absolute atomic E-state index is 12.0. The summed E-state index contributed by atoms with van der Waals surface area (Å²) >= 11 is 0. The molecule has 24 heavy (non-hydrogen) atoms. The number of hydrogen-bond acceptors (Lipinski definition) is 4. The molecule has 0 aliphatic carbocycles. The van der Waals surface area contributed by atoms with Crippen LogP contribution in [0.5, 0.6) is 0 Å². The molecule has 0 unspecified atom stereocenters. The van der Waals surface area contributed by atoms with Crippen molar-refractivity contribution < 1.29 is 17.9 Å². The SMILES string of the molecule is CC(C)(C)n1cc(CN2CCN(CCOCC(F)(F)F)CC2)cn1. The van der Waals surface area contributed by atoms with Gasteiger partial charge in [-0.1, -0.05) is 0 Å². The highest BCUT2D eigenvalue weighted by molar-refractivity contribution is 5.05. The smallest absolute Gasteiger partial charge is 0.371 e. The molecule has 0 aromatic carbocycles. The Bertz CT molecular complexity index is 502. The number of hydrogen-bond donors (Lipinski definition) is 0. The summed E-state index contributed by atoms with van der Waals surface area (Å²) in [5.74, 6) is 0. The molecule has 5 nitrogen and oxygen atoms in total. The van der Waals surface area contributed by atoms with E-state index in [2.05, 4.69) is 46.6 Å². The van der Waals surface area contributed by atoms with Crippen molar-refractivity contribution >= 4 is 0 Å². The fourth-order valence-corrected chi connectivity index (χ4v) is 2.62. The molecule has 138 valence electrons. The van der Waals surface area contributed by atoms with Crippen molar-refractivity contribution in [2.45, 2.75) is 39.0 Å². The molecular weight excluding hydrogens is 321 g/mol. The molecule has 0 saturated carbocycles. The van der Waals surface area contributed by atoms with Crippen LogP contribution in [0.3, 0.4) is 0 Å². The number of aromatic nitrogens is 2. The van der Waals surface area contributed by atoms with E-state index >= 15 is 0 Å². The van der Waals surface area contributed by atoms with Gasteiger partial charge >= 0.3 is 6.18 Å². The molecule has 1 aliphatic heterocycles. The lowest BCUT2D eigenvalue weighted by Gasteiger charge is -2.34. The minimum Gasteiger partial charge on any atom is -0.371 e. The molecule has 1 aromatic heterocycles. The van der Waals surface area contributed by atoms with Crippen molar-refractivity contribution in [3.8, 4) is 0 Å². The van der Waals surface area contributed by atoms with E-state index < -0.39 is 12.8 Å². The number of rotatable bonds is 6. The van der Waals surface area contributed by atoms with Gasteiger partial charge in [0.1, 0.15) is 6.61 Å². The largest absolute Gasteiger partial charge is 0.411 e. The zero-order valence-corrected chi connectivity index (χ0v) is 14.6. The summed E-state index contributed by atoms with van der Waals surface area (Å²) in [5, 5.41) is 4.41. The van der Waals surface area contributed by atoms with E-state index in [1.54, 1.807) is 0 Å².